The van der Waals surface area contributed by atoms with Gasteiger partial charge in [-0.2, -0.15) is 0 Å². The number of rotatable bonds is 1. The quantitative estimate of drug-likeness (QED) is 0.706. The Bertz CT molecular complexity index is 709. The fourth-order valence-corrected chi connectivity index (χ4v) is 7.33. The highest BCUT2D eigenvalue weighted by Gasteiger charge is 2.68. The fraction of sp³-hybridized carbons (Fsp3) is 0.762. The predicted octanol–water partition coefficient (Wildman–Crippen LogP) is 4.46. The van der Waals surface area contributed by atoms with E-state index in [1.165, 1.54) is 25.5 Å². The molecule has 1 saturated heterocycles. The van der Waals surface area contributed by atoms with Crippen LogP contribution in [0.15, 0.2) is 16.7 Å². The van der Waals surface area contributed by atoms with Gasteiger partial charge in [-0.3, -0.25) is 4.79 Å². The summed E-state index contributed by atoms with van der Waals surface area (Å²) in [6.45, 7) is 5.26. The van der Waals surface area contributed by atoms with Gasteiger partial charge >= 0.3 is 5.97 Å². The van der Waals surface area contributed by atoms with Crippen molar-refractivity contribution in [3.63, 3.8) is 0 Å². The topological polar surface area (TPSA) is 48.7 Å². The van der Waals surface area contributed by atoms with E-state index in [2.05, 4.69) is 19.9 Å². The van der Waals surface area contributed by atoms with Crippen LogP contribution in [-0.4, -0.2) is 19.7 Å². The van der Waals surface area contributed by atoms with Gasteiger partial charge in [0, 0.05) is 11.3 Å². The number of hydrogen-bond acceptors (Lipinski definition) is 4. The van der Waals surface area contributed by atoms with Gasteiger partial charge in [0.1, 0.15) is 11.9 Å². The molecule has 0 radical (unpaired) electrons. The fourth-order valence-electron chi connectivity index (χ4n) is 7.33. The van der Waals surface area contributed by atoms with Crippen molar-refractivity contribution in [1.29, 1.82) is 0 Å². The SMILES string of the molecule is COC(=O)C1(C)CCCC23COC4c5occc5C(C)C(CCC12)C43. The van der Waals surface area contributed by atoms with E-state index in [0.29, 0.717) is 23.7 Å². The Balaban J connectivity index is 1.62. The molecule has 0 bridgehead atoms. The maximum Gasteiger partial charge on any atom is 0.311 e. The Labute approximate surface area is 149 Å². The van der Waals surface area contributed by atoms with E-state index in [1.54, 1.807) is 0 Å². The lowest BCUT2D eigenvalue weighted by Crippen LogP contribution is -2.57. The molecule has 2 heterocycles. The van der Waals surface area contributed by atoms with Crippen LogP contribution in [0.1, 0.15) is 69.3 Å². The molecule has 7 atom stereocenters. The summed E-state index contributed by atoms with van der Waals surface area (Å²) in [4.78, 5) is 12.7. The minimum Gasteiger partial charge on any atom is -0.469 e. The number of fused-ring (bicyclic) bond motifs is 2. The van der Waals surface area contributed by atoms with Gasteiger partial charge in [0.05, 0.1) is 25.4 Å². The number of hydrogen-bond donors (Lipinski definition) is 0. The largest absolute Gasteiger partial charge is 0.469 e. The predicted molar refractivity (Wildman–Crippen MR) is 91.9 cm³/mol. The Kier molecular flexibility index (Phi) is 3.26. The second-order valence-electron chi connectivity index (χ2n) is 9.08. The van der Waals surface area contributed by atoms with Crippen molar-refractivity contribution in [2.75, 3.05) is 13.7 Å². The zero-order valence-corrected chi connectivity index (χ0v) is 15.4. The van der Waals surface area contributed by atoms with Gasteiger partial charge in [-0.25, -0.2) is 0 Å². The monoisotopic (exact) mass is 344 g/mol. The smallest absolute Gasteiger partial charge is 0.311 e. The Morgan fingerprint density at radius 3 is 2.96 bits per heavy atom. The summed E-state index contributed by atoms with van der Waals surface area (Å²) in [6.07, 6.45) is 7.38. The third kappa shape index (κ3) is 1.79. The number of furan rings is 1. The Morgan fingerprint density at radius 1 is 1.32 bits per heavy atom. The molecule has 3 aliphatic carbocycles. The number of carbonyl (C=O) groups is 1. The van der Waals surface area contributed by atoms with Crippen molar-refractivity contribution < 1.29 is 18.7 Å². The molecular weight excluding hydrogens is 316 g/mol. The van der Waals surface area contributed by atoms with E-state index >= 15 is 0 Å². The first-order chi connectivity index (χ1) is 12.0. The summed E-state index contributed by atoms with van der Waals surface area (Å²) in [5, 5.41) is 0. The summed E-state index contributed by atoms with van der Waals surface area (Å²) in [7, 11) is 1.53. The maximum absolute atomic E-state index is 12.7. The highest BCUT2D eigenvalue weighted by molar-refractivity contribution is 5.77. The molecule has 3 fully saturated rings. The second kappa shape index (κ2) is 5.12. The molecule has 1 spiro atoms. The summed E-state index contributed by atoms with van der Waals surface area (Å²) in [6, 6.07) is 2.14. The molecule has 5 rings (SSSR count). The van der Waals surface area contributed by atoms with E-state index in [4.69, 9.17) is 13.9 Å². The summed E-state index contributed by atoms with van der Waals surface area (Å²) in [5.41, 5.74) is 1.07. The van der Waals surface area contributed by atoms with Gasteiger partial charge in [-0.05, 0) is 62.0 Å². The zero-order valence-electron chi connectivity index (χ0n) is 15.4. The van der Waals surface area contributed by atoms with Crippen LogP contribution >= 0.6 is 0 Å². The van der Waals surface area contributed by atoms with Crippen molar-refractivity contribution >= 4 is 5.97 Å². The molecule has 1 aliphatic heterocycles. The molecule has 2 saturated carbocycles. The van der Waals surface area contributed by atoms with Crippen molar-refractivity contribution in [3.05, 3.63) is 23.7 Å². The molecule has 25 heavy (non-hydrogen) atoms. The third-order valence-corrected chi connectivity index (χ3v) is 8.34. The van der Waals surface area contributed by atoms with Gasteiger partial charge in [0.2, 0.25) is 0 Å². The van der Waals surface area contributed by atoms with E-state index in [9.17, 15) is 4.79 Å². The van der Waals surface area contributed by atoms with Crippen molar-refractivity contribution in [2.45, 2.75) is 58.0 Å². The van der Waals surface area contributed by atoms with Gasteiger partial charge < -0.3 is 13.9 Å². The van der Waals surface area contributed by atoms with Crippen molar-refractivity contribution in [1.82, 2.24) is 0 Å². The van der Waals surface area contributed by atoms with E-state index in [0.717, 1.165) is 31.6 Å². The molecule has 0 N–H and O–H groups in total. The number of ether oxygens (including phenoxy) is 2. The number of esters is 1. The highest BCUT2D eigenvalue weighted by atomic mass is 16.5. The lowest BCUT2D eigenvalue weighted by Gasteiger charge is -2.59. The molecule has 4 heteroatoms. The number of carbonyl (C=O) groups excluding carboxylic acids is 1. The molecule has 7 unspecified atom stereocenters. The van der Waals surface area contributed by atoms with Gasteiger partial charge in [-0.1, -0.05) is 13.3 Å². The highest BCUT2D eigenvalue weighted by Crippen LogP contribution is 2.70. The second-order valence-corrected chi connectivity index (χ2v) is 9.08. The third-order valence-electron chi connectivity index (χ3n) is 8.34. The first kappa shape index (κ1) is 15.9. The molecule has 136 valence electrons. The summed E-state index contributed by atoms with van der Waals surface area (Å²) in [5.74, 6) is 3.01. The van der Waals surface area contributed by atoms with Crippen LogP contribution in [0, 0.1) is 28.6 Å². The minimum absolute atomic E-state index is 0.0268. The van der Waals surface area contributed by atoms with E-state index in [1.807, 2.05) is 6.26 Å². The van der Waals surface area contributed by atoms with Crippen molar-refractivity contribution in [2.24, 2.45) is 28.6 Å². The first-order valence-electron chi connectivity index (χ1n) is 9.80. The molecule has 0 aromatic carbocycles. The average Bonchev–Trinajstić information content (AvgIpc) is 3.24. The van der Waals surface area contributed by atoms with Crippen LogP contribution in [-0.2, 0) is 14.3 Å². The Hall–Kier alpha value is -1.29. The van der Waals surface area contributed by atoms with Crippen LogP contribution in [0.2, 0.25) is 0 Å². The lowest BCUT2D eigenvalue weighted by molar-refractivity contribution is -0.172. The first-order valence-corrected chi connectivity index (χ1v) is 9.80. The van der Waals surface area contributed by atoms with Crippen LogP contribution in [0.25, 0.3) is 0 Å². The van der Waals surface area contributed by atoms with E-state index in [-0.39, 0.29) is 22.9 Å². The maximum atomic E-state index is 12.7. The van der Waals surface area contributed by atoms with E-state index < -0.39 is 0 Å². The van der Waals surface area contributed by atoms with Crippen LogP contribution in [0.4, 0.5) is 0 Å². The van der Waals surface area contributed by atoms with Gasteiger partial charge in [0.15, 0.2) is 0 Å². The lowest BCUT2D eigenvalue weighted by atomic mass is 9.43. The molecule has 4 nitrogen and oxygen atoms in total. The normalized spacial score (nSPS) is 47.6. The van der Waals surface area contributed by atoms with Crippen LogP contribution < -0.4 is 0 Å². The van der Waals surface area contributed by atoms with Crippen molar-refractivity contribution in [3.8, 4) is 0 Å². The average molecular weight is 344 g/mol. The summed E-state index contributed by atoms with van der Waals surface area (Å²) < 4.78 is 17.6. The minimum atomic E-state index is -0.372. The molecule has 4 aliphatic rings. The van der Waals surface area contributed by atoms with Gasteiger partial charge in [-0.15, -0.1) is 0 Å². The number of methoxy groups -OCH3 is 1. The van der Waals surface area contributed by atoms with Crippen LogP contribution in [0.3, 0.4) is 0 Å². The van der Waals surface area contributed by atoms with Gasteiger partial charge in [0.25, 0.3) is 0 Å². The molecular formula is C21H28O4. The molecule has 1 aromatic rings. The molecule has 0 amide bonds. The van der Waals surface area contributed by atoms with Crippen LogP contribution in [0.5, 0.6) is 0 Å². The standard InChI is InChI=1S/C21H28O4/c1-12-13-5-6-15-20(2,19(22)23-3)8-4-9-21(15)11-25-18(16(13)21)17-14(12)7-10-24-17/h7,10,12-13,15-16,18H,4-6,8-9,11H2,1-3H3. The summed E-state index contributed by atoms with van der Waals surface area (Å²) >= 11 is 0. The zero-order chi connectivity index (χ0) is 17.4. The molecule has 1 aromatic heterocycles. The Morgan fingerprint density at radius 2 is 2.16 bits per heavy atom.